The minimum atomic E-state index is -0.467. The van der Waals surface area contributed by atoms with Crippen LogP contribution in [0.3, 0.4) is 0 Å². The van der Waals surface area contributed by atoms with Crippen molar-refractivity contribution in [2.45, 2.75) is 25.8 Å². The standard InChI is InChI=1S/C14H15N3O2/c1-10(17-8-2-3-13(17)18)14(19)16-12-6-4-11(9-15)5-7-12/h4-7,10H,2-3,8H2,1H3,(H,16,19). The number of amides is 2. The van der Waals surface area contributed by atoms with E-state index in [1.807, 2.05) is 6.07 Å². The Bertz CT molecular complexity index is 531. The fourth-order valence-electron chi connectivity index (χ4n) is 2.09. The van der Waals surface area contributed by atoms with Crippen LogP contribution in [0, 0.1) is 11.3 Å². The van der Waals surface area contributed by atoms with Crippen molar-refractivity contribution in [3.8, 4) is 6.07 Å². The van der Waals surface area contributed by atoms with Crippen molar-refractivity contribution in [3.63, 3.8) is 0 Å². The topological polar surface area (TPSA) is 73.2 Å². The van der Waals surface area contributed by atoms with Gasteiger partial charge in [-0.05, 0) is 37.6 Å². The number of carbonyl (C=O) groups is 2. The average Bonchev–Trinajstić information content (AvgIpc) is 2.85. The Morgan fingerprint density at radius 1 is 1.42 bits per heavy atom. The molecular formula is C14H15N3O2. The van der Waals surface area contributed by atoms with Gasteiger partial charge in [0.05, 0.1) is 11.6 Å². The van der Waals surface area contributed by atoms with E-state index in [1.165, 1.54) is 0 Å². The number of nitriles is 1. The van der Waals surface area contributed by atoms with Gasteiger partial charge in [0.25, 0.3) is 0 Å². The Morgan fingerprint density at radius 3 is 2.63 bits per heavy atom. The molecule has 0 spiro atoms. The molecule has 0 saturated carbocycles. The van der Waals surface area contributed by atoms with Crippen LogP contribution in [0.4, 0.5) is 5.69 Å². The van der Waals surface area contributed by atoms with Gasteiger partial charge in [-0.15, -0.1) is 0 Å². The lowest BCUT2D eigenvalue weighted by Gasteiger charge is -2.23. The van der Waals surface area contributed by atoms with Gasteiger partial charge >= 0.3 is 0 Å². The molecule has 1 aromatic rings. The summed E-state index contributed by atoms with van der Waals surface area (Å²) in [4.78, 5) is 25.2. The molecule has 1 fully saturated rings. The molecule has 2 rings (SSSR count). The third kappa shape index (κ3) is 2.91. The minimum absolute atomic E-state index is 0.0301. The van der Waals surface area contributed by atoms with E-state index < -0.39 is 6.04 Å². The molecule has 1 N–H and O–H groups in total. The van der Waals surface area contributed by atoms with Crippen LogP contribution in [0.5, 0.6) is 0 Å². The summed E-state index contributed by atoms with van der Waals surface area (Å²) < 4.78 is 0. The zero-order chi connectivity index (χ0) is 13.8. The number of hydrogen-bond acceptors (Lipinski definition) is 3. The highest BCUT2D eigenvalue weighted by Gasteiger charge is 2.29. The first kappa shape index (κ1) is 13.1. The first-order chi connectivity index (χ1) is 9.11. The highest BCUT2D eigenvalue weighted by atomic mass is 16.2. The van der Waals surface area contributed by atoms with E-state index in [4.69, 9.17) is 5.26 Å². The van der Waals surface area contributed by atoms with Crippen molar-refractivity contribution < 1.29 is 9.59 Å². The van der Waals surface area contributed by atoms with Crippen LogP contribution in [0.25, 0.3) is 0 Å². The number of anilines is 1. The summed E-state index contributed by atoms with van der Waals surface area (Å²) in [5.41, 5.74) is 1.17. The smallest absolute Gasteiger partial charge is 0.246 e. The van der Waals surface area contributed by atoms with Crippen molar-refractivity contribution in [2.24, 2.45) is 0 Å². The molecule has 1 saturated heterocycles. The number of nitrogens with zero attached hydrogens (tertiary/aromatic N) is 2. The fraction of sp³-hybridized carbons (Fsp3) is 0.357. The van der Waals surface area contributed by atoms with Crippen molar-refractivity contribution in [3.05, 3.63) is 29.8 Å². The predicted octanol–water partition coefficient (Wildman–Crippen LogP) is 1.51. The van der Waals surface area contributed by atoms with E-state index in [9.17, 15) is 9.59 Å². The summed E-state index contributed by atoms with van der Waals surface area (Å²) in [6, 6.07) is 8.18. The maximum Gasteiger partial charge on any atom is 0.246 e. The van der Waals surface area contributed by atoms with E-state index >= 15 is 0 Å². The molecule has 0 aliphatic carbocycles. The molecule has 5 heteroatoms. The van der Waals surface area contributed by atoms with Crippen LogP contribution in [0.2, 0.25) is 0 Å². The third-order valence-corrected chi connectivity index (χ3v) is 3.24. The molecule has 5 nitrogen and oxygen atoms in total. The summed E-state index contributed by atoms with van der Waals surface area (Å²) >= 11 is 0. The van der Waals surface area contributed by atoms with Gasteiger partial charge in [-0.1, -0.05) is 0 Å². The second-order valence-corrected chi connectivity index (χ2v) is 4.55. The number of hydrogen-bond donors (Lipinski definition) is 1. The second kappa shape index (κ2) is 5.53. The third-order valence-electron chi connectivity index (χ3n) is 3.24. The number of nitrogens with one attached hydrogen (secondary N) is 1. The normalized spacial score (nSPS) is 16.0. The number of rotatable bonds is 3. The minimum Gasteiger partial charge on any atom is -0.331 e. The summed E-state index contributed by atoms with van der Waals surface area (Å²) in [5.74, 6) is -0.178. The van der Waals surface area contributed by atoms with E-state index in [0.717, 1.165) is 6.42 Å². The Hall–Kier alpha value is -2.35. The average molecular weight is 257 g/mol. The van der Waals surface area contributed by atoms with Gasteiger partial charge in [0.15, 0.2) is 0 Å². The Morgan fingerprint density at radius 2 is 2.11 bits per heavy atom. The maximum absolute atomic E-state index is 12.0. The number of likely N-dealkylation sites (tertiary alicyclic amines) is 1. The van der Waals surface area contributed by atoms with Crippen LogP contribution in [-0.4, -0.2) is 29.3 Å². The molecular weight excluding hydrogens is 242 g/mol. The summed E-state index contributed by atoms with van der Waals surface area (Å²) in [6.07, 6.45) is 1.34. The number of carbonyl (C=O) groups excluding carboxylic acids is 2. The van der Waals surface area contributed by atoms with Gasteiger partial charge in [0.1, 0.15) is 6.04 Å². The zero-order valence-electron chi connectivity index (χ0n) is 10.7. The Balaban J connectivity index is 2.00. The first-order valence-corrected chi connectivity index (χ1v) is 6.22. The van der Waals surface area contributed by atoms with Crippen molar-refractivity contribution >= 4 is 17.5 Å². The van der Waals surface area contributed by atoms with Crippen LogP contribution < -0.4 is 5.32 Å². The monoisotopic (exact) mass is 257 g/mol. The van der Waals surface area contributed by atoms with Gasteiger partial charge in [0.2, 0.25) is 11.8 Å². The van der Waals surface area contributed by atoms with Gasteiger partial charge in [0, 0.05) is 18.7 Å². The Labute approximate surface area is 111 Å². The summed E-state index contributed by atoms with van der Waals surface area (Å²) in [6.45, 7) is 2.36. The molecule has 0 bridgehead atoms. The highest BCUT2D eigenvalue weighted by molar-refractivity contribution is 5.97. The quantitative estimate of drug-likeness (QED) is 0.892. The second-order valence-electron chi connectivity index (χ2n) is 4.55. The lowest BCUT2D eigenvalue weighted by atomic mass is 10.2. The molecule has 2 amide bonds. The van der Waals surface area contributed by atoms with E-state index in [2.05, 4.69) is 5.32 Å². The fourth-order valence-corrected chi connectivity index (χ4v) is 2.09. The SMILES string of the molecule is CC(C(=O)Nc1ccc(C#N)cc1)N1CCCC1=O. The van der Waals surface area contributed by atoms with Crippen molar-refractivity contribution in [1.82, 2.24) is 4.90 Å². The van der Waals surface area contributed by atoms with E-state index in [-0.39, 0.29) is 11.8 Å². The molecule has 1 heterocycles. The molecule has 1 aliphatic heterocycles. The largest absolute Gasteiger partial charge is 0.331 e. The first-order valence-electron chi connectivity index (χ1n) is 6.22. The number of benzene rings is 1. The van der Waals surface area contributed by atoms with Crippen molar-refractivity contribution in [2.75, 3.05) is 11.9 Å². The molecule has 1 unspecified atom stereocenters. The molecule has 1 aromatic carbocycles. The Kier molecular flexibility index (Phi) is 3.81. The molecule has 0 aromatic heterocycles. The summed E-state index contributed by atoms with van der Waals surface area (Å²) in [5, 5.41) is 11.4. The highest BCUT2D eigenvalue weighted by Crippen LogP contribution is 2.15. The van der Waals surface area contributed by atoms with E-state index in [0.29, 0.717) is 24.2 Å². The summed E-state index contributed by atoms with van der Waals surface area (Å²) in [7, 11) is 0. The molecule has 1 aliphatic rings. The van der Waals surface area contributed by atoms with Gasteiger partial charge in [-0.2, -0.15) is 5.26 Å². The van der Waals surface area contributed by atoms with Gasteiger partial charge in [-0.3, -0.25) is 9.59 Å². The van der Waals surface area contributed by atoms with Gasteiger partial charge in [-0.25, -0.2) is 0 Å². The molecule has 0 radical (unpaired) electrons. The van der Waals surface area contributed by atoms with Gasteiger partial charge < -0.3 is 10.2 Å². The predicted molar refractivity (Wildman–Crippen MR) is 70.2 cm³/mol. The maximum atomic E-state index is 12.0. The van der Waals surface area contributed by atoms with Crippen molar-refractivity contribution in [1.29, 1.82) is 5.26 Å². The zero-order valence-corrected chi connectivity index (χ0v) is 10.7. The lowest BCUT2D eigenvalue weighted by Crippen LogP contribution is -2.42. The lowest BCUT2D eigenvalue weighted by molar-refractivity contribution is -0.134. The van der Waals surface area contributed by atoms with Crippen LogP contribution in [0.15, 0.2) is 24.3 Å². The van der Waals surface area contributed by atoms with E-state index in [1.54, 1.807) is 36.1 Å². The molecule has 98 valence electrons. The molecule has 1 atom stereocenters. The van der Waals surface area contributed by atoms with Crippen LogP contribution in [-0.2, 0) is 9.59 Å². The van der Waals surface area contributed by atoms with Crippen LogP contribution in [0.1, 0.15) is 25.3 Å². The van der Waals surface area contributed by atoms with Crippen LogP contribution >= 0.6 is 0 Å². The molecule has 19 heavy (non-hydrogen) atoms.